The van der Waals surface area contributed by atoms with E-state index >= 15 is 0 Å². The van der Waals surface area contributed by atoms with E-state index in [1.54, 1.807) is 19.1 Å². The fourth-order valence-electron chi connectivity index (χ4n) is 2.59. The van der Waals surface area contributed by atoms with E-state index in [0.717, 1.165) is 10.5 Å². The molecule has 1 aliphatic heterocycles. The van der Waals surface area contributed by atoms with Gasteiger partial charge in [-0.1, -0.05) is 48.5 Å². The van der Waals surface area contributed by atoms with Crippen LogP contribution in [0.5, 0.6) is 0 Å². The fraction of sp³-hybridized carbons (Fsp3) is 0.111. The molecule has 0 fully saturated rings. The zero-order valence-electron chi connectivity index (χ0n) is 12.0. The van der Waals surface area contributed by atoms with E-state index in [1.807, 2.05) is 30.3 Å². The SMILES string of the molecule is CC1=C(c2ccccc2F)C(=O)N(Cc2ccccc2)C1=O. The summed E-state index contributed by atoms with van der Waals surface area (Å²) in [6.45, 7) is 1.75. The molecule has 0 spiro atoms. The summed E-state index contributed by atoms with van der Waals surface area (Å²) >= 11 is 0. The van der Waals surface area contributed by atoms with Gasteiger partial charge in [0.05, 0.1) is 12.1 Å². The lowest BCUT2D eigenvalue weighted by Gasteiger charge is -2.15. The molecule has 1 heterocycles. The Morgan fingerprint density at radius 3 is 2.23 bits per heavy atom. The van der Waals surface area contributed by atoms with Crippen molar-refractivity contribution in [2.24, 2.45) is 0 Å². The van der Waals surface area contributed by atoms with Gasteiger partial charge in [-0.2, -0.15) is 0 Å². The third-order valence-corrected chi connectivity index (χ3v) is 3.73. The molecule has 2 aromatic carbocycles. The topological polar surface area (TPSA) is 37.4 Å². The Bertz CT molecular complexity index is 781. The van der Waals surface area contributed by atoms with E-state index in [4.69, 9.17) is 0 Å². The first kappa shape index (κ1) is 14.2. The Kier molecular flexibility index (Phi) is 3.59. The lowest BCUT2D eigenvalue weighted by molar-refractivity contribution is -0.137. The van der Waals surface area contributed by atoms with Gasteiger partial charge in [-0.25, -0.2) is 4.39 Å². The predicted molar refractivity (Wildman–Crippen MR) is 81.0 cm³/mol. The molecule has 3 rings (SSSR count). The van der Waals surface area contributed by atoms with Gasteiger partial charge in [0.2, 0.25) is 0 Å². The summed E-state index contributed by atoms with van der Waals surface area (Å²) in [4.78, 5) is 26.1. The zero-order chi connectivity index (χ0) is 15.7. The van der Waals surface area contributed by atoms with Gasteiger partial charge in [-0.15, -0.1) is 0 Å². The Hall–Kier alpha value is -2.75. The van der Waals surface area contributed by atoms with Crippen molar-refractivity contribution < 1.29 is 14.0 Å². The summed E-state index contributed by atoms with van der Waals surface area (Å²) in [6.07, 6.45) is 0. The van der Waals surface area contributed by atoms with Crippen molar-refractivity contribution in [2.75, 3.05) is 0 Å². The second kappa shape index (κ2) is 5.56. The van der Waals surface area contributed by atoms with Crippen LogP contribution in [0, 0.1) is 5.82 Å². The number of nitrogens with zero attached hydrogens (tertiary/aromatic N) is 1. The molecule has 0 saturated heterocycles. The molecule has 0 N–H and O–H groups in total. The number of carbonyl (C=O) groups is 2. The van der Waals surface area contributed by atoms with Crippen LogP contribution in [0.2, 0.25) is 0 Å². The van der Waals surface area contributed by atoms with Crippen LogP contribution in [-0.2, 0) is 16.1 Å². The molecule has 2 amide bonds. The van der Waals surface area contributed by atoms with Crippen molar-refractivity contribution in [2.45, 2.75) is 13.5 Å². The van der Waals surface area contributed by atoms with Crippen LogP contribution in [0.15, 0.2) is 60.2 Å². The monoisotopic (exact) mass is 295 g/mol. The minimum atomic E-state index is -0.500. The van der Waals surface area contributed by atoms with E-state index in [9.17, 15) is 14.0 Å². The quantitative estimate of drug-likeness (QED) is 0.816. The Labute approximate surface area is 127 Å². The van der Waals surface area contributed by atoms with Gasteiger partial charge >= 0.3 is 0 Å². The van der Waals surface area contributed by atoms with Crippen molar-refractivity contribution in [1.82, 2.24) is 4.90 Å². The third kappa shape index (κ3) is 2.33. The molecule has 0 unspecified atom stereocenters. The summed E-state index contributed by atoms with van der Waals surface area (Å²) in [7, 11) is 0. The Balaban J connectivity index is 1.96. The van der Waals surface area contributed by atoms with Crippen molar-refractivity contribution in [3.63, 3.8) is 0 Å². The van der Waals surface area contributed by atoms with Crippen LogP contribution in [0.1, 0.15) is 18.1 Å². The molecule has 4 heteroatoms. The molecule has 3 nitrogen and oxygen atoms in total. The average molecular weight is 295 g/mol. The maximum Gasteiger partial charge on any atom is 0.262 e. The van der Waals surface area contributed by atoms with Crippen LogP contribution in [0.4, 0.5) is 4.39 Å². The number of carbonyl (C=O) groups excluding carboxylic acids is 2. The first-order valence-corrected chi connectivity index (χ1v) is 6.95. The van der Waals surface area contributed by atoms with E-state index in [-0.39, 0.29) is 29.2 Å². The zero-order valence-corrected chi connectivity index (χ0v) is 12.0. The Morgan fingerprint density at radius 2 is 1.55 bits per heavy atom. The van der Waals surface area contributed by atoms with Gasteiger partial charge in [-0.3, -0.25) is 14.5 Å². The minimum Gasteiger partial charge on any atom is -0.270 e. The summed E-state index contributed by atoms with van der Waals surface area (Å²) in [5.41, 5.74) is 1.46. The highest BCUT2D eigenvalue weighted by Crippen LogP contribution is 2.31. The Morgan fingerprint density at radius 1 is 0.909 bits per heavy atom. The number of hydrogen-bond donors (Lipinski definition) is 0. The smallest absolute Gasteiger partial charge is 0.262 e. The molecule has 2 aromatic rings. The average Bonchev–Trinajstić information content (AvgIpc) is 2.73. The molecule has 0 aliphatic carbocycles. The molecule has 110 valence electrons. The number of hydrogen-bond acceptors (Lipinski definition) is 2. The van der Waals surface area contributed by atoms with Crippen molar-refractivity contribution in [1.29, 1.82) is 0 Å². The van der Waals surface area contributed by atoms with E-state index in [2.05, 4.69) is 0 Å². The standard InChI is InChI=1S/C18H14FNO2/c1-12-16(14-9-5-6-10-15(14)19)18(22)20(17(12)21)11-13-7-3-2-4-8-13/h2-10H,11H2,1H3. The maximum absolute atomic E-state index is 14.0. The van der Waals surface area contributed by atoms with Gasteiger partial charge in [-0.05, 0) is 18.6 Å². The van der Waals surface area contributed by atoms with Gasteiger partial charge < -0.3 is 0 Å². The van der Waals surface area contributed by atoms with Crippen molar-refractivity contribution in [3.8, 4) is 0 Å². The van der Waals surface area contributed by atoms with Gasteiger partial charge in [0.1, 0.15) is 5.82 Å². The normalized spacial score (nSPS) is 14.9. The molecule has 0 atom stereocenters. The summed E-state index contributed by atoms with van der Waals surface area (Å²) in [5, 5.41) is 0. The van der Waals surface area contributed by atoms with Gasteiger partial charge in [0, 0.05) is 11.1 Å². The lowest BCUT2D eigenvalue weighted by atomic mass is 10.0. The lowest BCUT2D eigenvalue weighted by Crippen LogP contribution is -2.30. The first-order chi connectivity index (χ1) is 10.6. The molecule has 0 saturated carbocycles. The number of amides is 2. The van der Waals surface area contributed by atoms with Crippen LogP contribution in [-0.4, -0.2) is 16.7 Å². The molecular formula is C18H14FNO2. The van der Waals surface area contributed by atoms with Crippen LogP contribution < -0.4 is 0 Å². The predicted octanol–water partition coefficient (Wildman–Crippen LogP) is 3.17. The van der Waals surface area contributed by atoms with Crippen molar-refractivity contribution >= 4 is 17.4 Å². The summed E-state index contributed by atoms with van der Waals surface area (Å²) in [5.74, 6) is -1.32. The molecule has 22 heavy (non-hydrogen) atoms. The number of benzene rings is 2. The third-order valence-electron chi connectivity index (χ3n) is 3.73. The number of halogens is 1. The van der Waals surface area contributed by atoms with Crippen LogP contribution in [0.3, 0.4) is 0 Å². The molecule has 0 radical (unpaired) electrons. The fourth-order valence-corrected chi connectivity index (χ4v) is 2.59. The number of rotatable bonds is 3. The van der Waals surface area contributed by atoms with Gasteiger partial charge in [0.15, 0.2) is 0 Å². The largest absolute Gasteiger partial charge is 0.270 e. The highest BCUT2D eigenvalue weighted by Gasteiger charge is 2.37. The minimum absolute atomic E-state index is 0.152. The molecule has 0 aromatic heterocycles. The summed E-state index contributed by atoms with van der Waals surface area (Å²) in [6, 6.07) is 15.3. The van der Waals surface area contributed by atoms with Gasteiger partial charge in [0.25, 0.3) is 11.8 Å². The van der Waals surface area contributed by atoms with E-state index < -0.39 is 11.7 Å². The second-order valence-corrected chi connectivity index (χ2v) is 5.16. The van der Waals surface area contributed by atoms with E-state index in [1.165, 1.54) is 12.1 Å². The van der Waals surface area contributed by atoms with Crippen molar-refractivity contribution in [3.05, 3.63) is 77.1 Å². The number of imide groups is 1. The highest BCUT2D eigenvalue weighted by molar-refractivity contribution is 6.35. The van der Waals surface area contributed by atoms with Crippen LogP contribution in [0.25, 0.3) is 5.57 Å². The molecular weight excluding hydrogens is 281 g/mol. The second-order valence-electron chi connectivity index (χ2n) is 5.16. The first-order valence-electron chi connectivity index (χ1n) is 6.95. The summed E-state index contributed by atoms with van der Waals surface area (Å²) < 4.78 is 14.0. The molecule has 1 aliphatic rings. The highest BCUT2D eigenvalue weighted by atomic mass is 19.1. The van der Waals surface area contributed by atoms with Crippen LogP contribution >= 0.6 is 0 Å². The molecule has 0 bridgehead atoms. The van der Waals surface area contributed by atoms with E-state index in [0.29, 0.717) is 0 Å². The maximum atomic E-state index is 14.0.